The largest absolute Gasteiger partial charge is 0.464 e. The molecule has 0 aliphatic heterocycles. The third-order valence-electron chi connectivity index (χ3n) is 3.30. The van der Waals surface area contributed by atoms with Crippen molar-refractivity contribution in [2.24, 2.45) is 0 Å². The minimum Gasteiger partial charge on any atom is -0.464 e. The van der Waals surface area contributed by atoms with Crippen molar-refractivity contribution in [2.45, 2.75) is 31.8 Å². The van der Waals surface area contributed by atoms with Crippen molar-refractivity contribution < 1.29 is 14.3 Å². The van der Waals surface area contributed by atoms with Crippen LogP contribution in [-0.2, 0) is 19.9 Å². The zero-order valence-corrected chi connectivity index (χ0v) is 12.0. The Bertz CT molecular complexity index is 410. The summed E-state index contributed by atoms with van der Waals surface area (Å²) in [5, 5.41) is 0. The lowest BCUT2D eigenvalue weighted by atomic mass is 9.75. The fourth-order valence-electron chi connectivity index (χ4n) is 2.17. The molecule has 0 unspecified atom stereocenters. The van der Waals surface area contributed by atoms with Crippen molar-refractivity contribution in [1.82, 2.24) is 0 Å². The summed E-state index contributed by atoms with van der Waals surface area (Å²) in [6.07, 6.45) is 3.07. The lowest BCUT2D eigenvalue weighted by Crippen LogP contribution is -2.39. The summed E-state index contributed by atoms with van der Waals surface area (Å²) in [7, 11) is 0. The van der Waals surface area contributed by atoms with Gasteiger partial charge in [0, 0.05) is 4.47 Å². The van der Waals surface area contributed by atoms with Crippen molar-refractivity contribution in [3.63, 3.8) is 0 Å². The van der Waals surface area contributed by atoms with E-state index in [4.69, 9.17) is 9.47 Å². The highest BCUT2D eigenvalue weighted by Gasteiger charge is 2.40. The van der Waals surface area contributed by atoms with E-state index in [1.165, 1.54) is 0 Å². The van der Waals surface area contributed by atoms with Crippen LogP contribution in [0.4, 0.5) is 0 Å². The second-order valence-electron chi connectivity index (χ2n) is 4.45. The van der Waals surface area contributed by atoms with E-state index in [-0.39, 0.29) is 18.2 Å². The number of carbonyl (C=O) groups is 1. The highest BCUT2D eigenvalue weighted by atomic mass is 79.9. The summed E-state index contributed by atoms with van der Waals surface area (Å²) >= 11 is 3.42. The Kier molecular flexibility index (Phi) is 4.40. The highest BCUT2D eigenvalue weighted by molar-refractivity contribution is 9.10. The van der Waals surface area contributed by atoms with Crippen molar-refractivity contribution >= 4 is 21.9 Å². The standard InChI is InChI=1S/C14H17BrO3/c1-2-17-13(16)10-18-14(8-3-9-14)11-4-6-12(15)7-5-11/h4-7H,2-3,8-10H2,1H3. The van der Waals surface area contributed by atoms with E-state index in [0.29, 0.717) is 6.61 Å². The monoisotopic (exact) mass is 312 g/mol. The van der Waals surface area contributed by atoms with Crippen molar-refractivity contribution in [3.05, 3.63) is 34.3 Å². The number of benzene rings is 1. The van der Waals surface area contributed by atoms with E-state index in [1.54, 1.807) is 6.92 Å². The van der Waals surface area contributed by atoms with E-state index < -0.39 is 0 Å². The molecule has 4 heteroatoms. The first-order valence-electron chi connectivity index (χ1n) is 6.22. The number of rotatable bonds is 5. The van der Waals surface area contributed by atoms with Crippen LogP contribution in [0.5, 0.6) is 0 Å². The molecule has 1 fully saturated rings. The zero-order chi connectivity index (χ0) is 13.0. The lowest BCUT2D eigenvalue weighted by Gasteiger charge is -2.41. The minimum atomic E-state index is -0.291. The average molecular weight is 313 g/mol. The van der Waals surface area contributed by atoms with Crippen molar-refractivity contribution in [3.8, 4) is 0 Å². The predicted octanol–water partition coefficient (Wildman–Crippen LogP) is 3.41. The van der Waals surface area contributed by atoms with Crippen LogP contribution in [0, 0.1) is 0 Å². The first-order valence-corrected chi connectivity index (χ1v) is 7.01. The third kappa shape index (κ3) is 2.93. The maximum atomic E-state index is 11.4. The molecule has 2 rings (SSSR count). The van der Waals surface area contributed by atoms with Crippen LogP contribution in [0.25, 0.3) is 0 Å². The summed E-state index contributed by atoms with van der Waals surface area (Å²) in [5.41, 5.74) is 0.856. The molecule has 1 aromatic carbocycles. The quantitative estimate of drug-likeness (QED) is 0.782. The van der Waals surface area contributed by atoms with E-state index >= 15 is 0 Å². The van der Waals surface area contributed by atoms with Crippen LogP contribution in [0.2, 0.25) is 0 Å². The molecule has 0 radical (unpaired) electrons. The Labute approximate surface area is 116 Å². The van der Waals surface area contributed by atoms with Gasteiger partial charge in [-0.05, 0) is 43.9 Å². The molecule has 0 heterocycles. The third-order valence-corrected chi connectivity index (χ3v) is 3.83. The van der Waals surface area contributed by atoms with Crippen LogP contribution in [-0.4, -0.2) is 19.2 Å². The number of ether oxygens (including phenoxy) is 2. The fraction of sp³-hybridized carbons (Fsp3) is 0.500. The molecular weight excluding hydrogens is 296 g/mol. The Balaban J connectivity index is 2.02. The van der Waals surface area contributed by atoms with Gasteiger partial charge in [0.25, 0.3) is 0 Å². The smallest absolute Gasteiger partial charge is 0.332 e. The van der Waals surface area contributed by atoms with Gasteiger partial charge in [-0.2, -0.15) is 0 Å². The summed E-state index contributed by atoms with van der Waals surface area (Å²) in [6, 6.07) is 8.11. The Morgan fingerprint density at radius 2 is 2.00 bits per heavy atom. The molecule has 18 heavy (non-hydrogen) atoms. The lowest BCUT2D eigenvalue weighted by molar-refractivity contribution is -0.164. The molecule has 98 valence electrons. The summed E-state index contributed by atoms with van der Waals surface area (Å²) < 4.78 is 11.8. The second kappa shape index (κ2) is 5.85. The predicted molar refractivity (Wildman–Crippen MR) is 72.3 cm³/mol. The molecule has 3 nitrogen and oxygen atoms in total. The molecule has 0 spiro atoms. The SMILES string of the molecule is CCOC(=O)COC1(c2ccc(Br)cc2)CCC1. The summed E-state index contributed by atoms with van der Waals surface area (Å²) in [6.45, 7) is 2.23. The molecule has 1 aromatic rings. The highest BCUT2D eigenvalue weighted by Crippen LogP contribution is 2.44. The Morgan fingerprint density at radius 3 is 2.50 bits per heavy atom. The first kappa shape index (κ1) is 13.6. The van der Waals surface area contributed by atoms with E-state index in [9.17, 15) is 4.79 Å². The van der Waals surface area contributed by atoms with Crippen molar-refractivity contribution in [1.29, 1.82) is 0 Å². The molecule has 1 aliphatic rings. The molecule has 0 bridgehead atoms. The summed E-state index contributed by atoms with van der Waals surface area (Å²) in [5.74, 6) is -0.291. The normalized spacial score (nSPS) is 17.0. The van der Waals surface area contributed by atoms with Gasteiger partial charge in [-0.25, -0.2) is 4.79 Å². The molecule has 0 amide bonds. The second-order valence-corrected chi connectivity index (χ2v) is 5.36. The van der Waals surface area contributed by atoms with Crippen LogP contribution in [0.15, 0.2) is 28.7 Å². The molecular formula is C14H17BrO3. The van der Waals surface area contributed by atoms with Crippen LogP contribution >= 0.6 is 15.9 Å². The van der Waals surface area contributed by atoms with Gasteiger partial charge in [0.15, 0.2) is 0 Å². The maximum absolute atomic E-state index is 11.4. The average Bonchev–Trinajstić information content (AvgIpc) is 2.30. The number of esters is 1. The number of hydrogen-bond donors (Lipinski definition) is 0. The Hall–Kier alpha value is -0.870. The van der Waals surface area contributed by atoms with Gasteiger partial charge < -0.3 is 9.47 Å². The van der Waals surface area contributed by atoms with Gasteiger partial charge in [0.2, 0.25) is 0 Å². The molecule has 0 N–H and O–H groups in total. The van der Waals surface area contributed by atoms with Gasteiger partial charge in [0.05, 0.1) is 12.2 Å². The van der Waals surface area contributed by atoms with Gasteiger partial charge in [-0.1, -0.05) is 28.1 Å². The molecule has 1 aliphatic carbocycles. The van der Waals surface area contributed by atoms with Crippen LogP contribution in [0.3, 0.4) is 0 Å². The van der Waals surface area contributed by atoms with Gasteiger partial charge in [-0.3, -0.25) is 0 Å². The molecule has 0 aromatic heterocycles. The fourth-order valence-corrected chi connectivity index (χ4v) is 2.43. The first-order chi connectivity index (χ1) is 8.66. The van der Waals surface area contributed by atoms with Crippen molar-refractivity contribution in [2.75, 3.05) is 13.2 Å². The topological polar surface area (TPSA) is 35.5 Å². The maximum Gasteiger partial charge on any atom is 0.332 e. The van der Waals surface area contributed by atoms with E-state index in [2.05, 4.69) is 15.9 Å². The van der Waals surface area contributed by atoms with Gasteiger partial charge in [-0.15, -0.1) is 0 Å². The van der Waals surface area contributed by atoms with Crippen LogP contribution in [0.1, 0.15) is 31.7 Å². The number of hydrogen-bond acceptors (Lipinski definition) is 3. The van der Waals surface area contributed by atoms with E-state index in [1.807, 2.05) is 24.3 Å². The summed E-state index contributed by atoms with van der Waals surface area (Å²) in [4.78, 5) is 11.4. The number of carbonyl (C=O) groups excluding carboxylic acids is 1. The zero-order valence-electron chi connectivity index (χ0n) is 10.4. The van der Waals surface area contributed by atoms with Gasteiger partial charge >= 0.3 is 5.97 Å². The molecule has 1 saturated carbocycles. The Morgan fingerprint density at radius 1 is 1.33 bits per heavy atom. The molecule has 0 saturated heterocycles. The molecule has 0 atom stereocenters. The van der Waals surface area contributed by atoms with Crippen LogP contribution < -0.4 is 0 Å². The van der Waals surface area contributed by atoms with E-state index in [0.717, 1.165) is 29.3 Å². The minimum absolute atomic E-state index is 0.0317. The van der Waals surface area contributed by atoms with Gasteiger partial charge in [0.1, 0.15) is 6.61 Å². The number of halogens is 1.